The van der Waals surface area contributed by atoms with Crippen LogP contribution in [-0.4, -0.2) is 42.5 Å². The molecule has 0 aliphatic carbocycles. The van der Waals surface area contributed by atoms with Crippen molar-refractivity contribution in [1.82, 2.24) is 10.2 Å². The SMILES string of the molecule is Cc1cc(NC(=O)NCC2CCN(C)CC2)ccc1[N+](=O)[O-]. The van der Waals surface area contributed by atoms with Crippen LogP contribution in [0.15, 0.2) is 18.2 Å². The fourth-order valence-corrected chi connectivity index (χ4v) is 2.62. The Morgan fingerprint density at radius 2 is 2.09 bits per heavy atom. The first-order chi connectivity index (χ1) is 10.5. The molecule has 1 aromatic carbocycles. The number of likely N-dealkylation sites (tertiary alicyclic amines) is 1. The number of aryl methyl sites for hydroxylation is 1. The number of nitro benzene ring substituents is 1. The molecular weight excluding hydrogens is 284 g/mol. The molecule has 0 atom stereocenters. The molecule has 2 amide bonds. The second-order valence-corrected chi connectivity index (χ2v) is 5.84. The predicted octanol–water partition coefficient (Wildman–Crippen LogP) is 2.37. The maximum Gasteiger partial charge on any atom is 0.319 e. The Morgan fingerprint density at radius 3 is 2.68 bits per heavy atom. The summed E-state index contributed by atoms with van der Waals surface area (Å²) in [5.74, 6) is 0.514. The zero-order valence-electron chi connectivity index (χ0n) is 13.0. The average molecular weight is 306 g/mol. The van der Waals surface area contributed by atoms with Crippen LogP contribution in [0.2, 0.25) is 0 Å². The Balaban J connectivity index is 1.82. The minimum atomic E-state index is -0.431. The monoisotopic (exact) mass is 306 g/mol. The minimum Gasteiger partial charge on any atom is -0.338 e. The molecular formula is C15H22N4O3. The summed E-state index contributed by atoms with van der Waals surface area (Å²) in [5, 5.41) is 16.3. The first-order valence-corrected chi connectivity index (χ1v) is 7.44. The van der Waals surface area contributed by atoms with Gasteiger partial charge in [0.15, 0.2) is 0 Å². The number of hydrogen-bond acceptors (Lipinski definition) is 4. The Morgan fingerprint density at radius 1 is 1.41 bits per heavy atom. The van der Waals surface area contributed by atoms with Crippen LogP contribution in [0.4, 0.5) is 16.2 Å². The van der Waals surface area contributed by atoms with Crippen molar-refractivity contribution in [3.63, 3.8) is 0 Å². The number of nitrogens with one attached hydrogen (secondary N) is 2. The summed E-state index contributed by atoms with van der Waals surface area (Å²) >= 11 is 0. The van der Waals surface area contributed by atoms with E-state index in [-0.39, 0.29) is 11.7 Å². The van der Waals surface area contributed by atoms with Gasteiger partial charge in [-0.3, -0.25) is 10.1 Å². The highest BCUT2D eigenvalue weighted by atomic mass is 16.6. The van der Waals surface area contributed by atoms with E-state index in [1.165, 1.54) is 6.07 Å². The second kappa shape index (κ2) is 7.22. The number of nitro groups is 1. The summed E-state index contributed by atoms with van der Waals surface area (Å²) in [4.78, 5) is 24.5. The minimum absolute atomic E-state index is 0.0530. The molecule has 0 aromatic heterocycles. The number of anilines is 1. The van der Waals surface area contributed by atoms with Gasteiger partial charge in [0.2, 0.25) is 0 Å². The normalized spacial score (nSPS) is 16.3. The summed E-state index contributed by atoms with van der Waals surface area (Å²) in [6.45, 7) is 4.44. The molecule has 7 nitrogen and oxygen atoms in total. The van der Waals surface area contributed by atoms with Crippen molar-refractivity contribution in [2.75, 3.05) is 32.0 Å². The van der Waals surface area contributed by atoms with Gasteiger partial charge in [-0.15, -0.1) is 0 Å². The molecule has 1 heterocycles. The second-order valence-electron chi connectivity index (χ2n) is 5.84. The number of benzene rings is 1. The fraction of sp³-hybridized carbons (Fsp3) is 0.533. The van der Waals surface area contributed by atoms with E-state index < -0.39 is 4.92 Å². The number of carbonyl (C=O) groups is 1. The molecule has 0 saturated carbocycles. The van der Waals surface area contributed by atoms with Crippen molar-refractivity contribution in [2.24, 2.45) is 5.92 Å². The lowest BCUT2D eigenvalue weighted by molar-refractivity contribution is -0.385. The average Bonchev–Trinajstić information content (AvgIpc) is 2.46. The van der Waals surface area contributed by atoms with Crippen molar-refractivity contribution in [2.45, 2.75) is 19.8 Å². The molecule has 1 aliphatic heterocycles. The highest BCUT2D eigenvalue weighted by molar-refractivity contribution is 5.89. The number of carbonyl (C=O) groups excluding carboxylic acids is 1. The first-order valence-electron chi connectivity index (χ1n) is 7.44. The summed E-state index contributed by atoms with van der Waals surface area (Å²) in [5.41, 5.74) is 1.14. The van der Waals surface area contributed by atoms with Crippen molar-refractivity contribution < 1.29 is 9.72 Å². The van der Waals surface area contributed by atoms with E-state index in [0.717, 1.165) is 25.9 Å². The smallest absolute Gasteiger partial charge is 0.319 e. The van der Waals surface area contributed by atoms with Crippen LogP contribution in [0.1, 0.15) is 18.4 Å². The first kappa shape index (κ1) is 16.2. The van der Waals surface area contributed by atoms with Gasteiger partial charge in [-0.2, -0.15) is 0 Å². The van der Waals surface area contributed by atoms with E-state index >= 15 is 0 Å². The van der Waals surface area contributed by atoms with Gasteiger partial charge in [0.05, 0.1) is 4.92 Å². The maximum absolute atomic E-state index is 11.9. The Hall–Kier alpha value is -2.15. The third-order valence-corrected chi connectivity index (χ3v) is 4.04. The van der Waals surface area contributed by atoms with E-state index in [2.05, 4.69) is 22.6 Å². The van der Waals surface area contributed by atoms with Crippen molar-refractivity contribution in [3.8, 4) is 0 Å². The summed E-state index contributed by atoms with van der Waals surface area (Å²) < 4.78 is 0. The molecule has 0 spiro atoms. The zero-order valence-corrected chi connectivity index (χ0v) is 13.0. The van der Waals surface area contributed by atoms with Crippen molar-refractivity contribution in [3.05, 3.63) is 33.9 Å². The van der Waals surface area contributed by atoms with Crippen LogP contribution in [0.5, 0.6) is 0 Å². The topological polar surface area (TPSA) is 87.5 Å². The molecule has 7 heteroatoms. The molecule has 1 fully saturated rings. The largest absolute Gasteiger partial charge is 0.338 e. The standard InChI is InChI=1S/C15H22N4O3/c1-11-9-13(3-4-14(11)19(21)22)17-15(20)16-10-12-5-7-18(2)8-6-12/h3-4,9,12H,5-8,10H2,1-2H3,(H2,16,17,20). The fourth-order valence-electron chi connectivity index (χ4n) is 2.62. The van der Waals surface area contributed by atoms with Gasteiger partial charge < -0.3 is 15.5 Å². The van der Waals surface area contributed by atoms with Crippen LogP contribution in [0, 0.1) is 23.0 Å². The number of urea groups is 1. The Kier molecular flexibility index (Phi) is 5.32. The number of hydrogen-bond donors (Lipinski definition) is 2. The third-order valence-electron chi connectivity index (χ3n) is 4.04. The maximum atomic E-state index is 11.9. The lowest BCUT2D eigenvalue weighted by Crippen LogP contribution is -2.38. The highest BCUT2D eigenvalue weighted by Gasteiger charge is 2.17. The molecule has 0 unspecified atom stereocenters. The molecule has 0 bridgehead atoms. The summed E-state index contributed by atoms with van der Waals surface area (Å²) in [6, 6.07) is 4.28. The van der Waals surface area contributed by atoms with Crippen LogP contribution in [-0.2, 0) is 0 Å². The molecule has 2 rings (SSSR count). The lowest BCUT2D eigenvalue weighted by Gasteiger charge is -2.28. The van der Waals surface area contributed by atoms with Crippen LogP contribution < -0.4 is 10.6 Å². The van der Waals surface area contributed by atoms with Crippen LogP contribution >= 0.6 is 0 Å². The van der Waals surface area contributed by atoms with Gasteiger partial charge in [0.25, 0.3) is 5.69 Å². The van der Waals surface area contributed by atoms with Crippen LogP contribution in [0.25, 0.3) is 0 Å². The van der Waals surface area contributed by atoms with Crippen molar-refractivity contribution in [1.29, 1.82) is 0 Å². The molecule has 0 radical (unpaired) electrons. The molecule has 1 saturated heterocycles. The van der Waals surface area contributed by atoms with E-state index in [0.29, 0.717) is 23.7 Å². The molecule has 120 valence electrons. The van der Waals surface area contributed by atoms with Crippen LogP contribution in [0.3, 0.4) is 0 Å². The van der Waals surface area contributed by atoms with Gasteiger partial charge in [0.1, 0.15) is 0 Å². The Bertz CT molecular complexity index is 554. The van der Waals surface area contributed by atoms with Gasteiger partial charge in [0, 0.05) is 23.9 Å². The molecule has 22 heavy (non-hydrogen) atoms. The van der Waals surface area contributed by atoms with E-state index in [4.69, 9.17) is 0 Å². The van der Waals surface area contributed by atoms with Gasteiger partial charge in [-0.25, -0.2) is 4.79 Å². The summed E-state index contributed by atoms with van der Waals surface area (Å²) in [7, 11) is 2.10. The summed E-state index contributed by atoms with van der Waals surface area (Å²) in [6.07, 6.45) is 2.18. The quantitative estimate of drug-likeness (QED) is 0.660. The number of piperidine rings is 1. The van der Waals surface area contributed by atoms with E-state index in [9.17, 15) is 14.9 Å². The van der Waals surface area contributed by atoms with E-state index in [1.807, 2.05) is 0 Å². The number of nitrogens with zero attached hydrogens (tertiary/aromatic N) is 2. The van der Waals surface area contributed by atoms with Crippen molar-refractivity contribution >= 4 is 17.4 Å². The Labute approximate surface area is 129 Å². The highest BCUT2D eigenvalue weighted by Crippen LogP contribution is 2.21. The third kappa shape index (κ3) is 4.42. The predicted molar refractivity (Wildman–Crippen MR) is 85.1 cm³/mol. The molecule has 1 aromatic rings. The number of amides is 2. The molecule has 2 N–H and O–H groups in total. The lowest BCUT2D eigenvalue weighted by atomic mass is 9.97. The van der Waals surface area contributed by atoms with Gasteiger partial charge in [-0.05, 0) is 58.0 Å². The van der Waals surface area contributed by atoms with Gasteiger partial charge in [-0.1, -0.05) is 0 Å². The van der Waals surface area contributed by atoms with E-state index in [1.54, 1.807) is 19.1 Å². The zero-order chi connectivity index (χ0) is 16.1. The molecule has 1 aliphatic rings. The number of rotatable bonds is 4. The van der Waals surface area contributed by atoms with Gasteiger partial charge >= 0.3 is 6.03 Å².